The van der Waals surface area contributed by atoms with Gasteiger partial charge >= 0.3 is 0 Å². The Morgan fingerprint density at radius 2 is 2.35 bits per heavy atom. The summed E-state index contributed by atoms with van der Waals surface area (Å²) in [4.78, 5) is 4.38. The summed E-state index contributed by atoms with van der Waals surface area (Å²) in [7, 11) is -3.49. The van der Waals surface area contributed by atoms with Crippen LogP contribution < -0.4 is 5.32 Å². The van der Waals surface area contributed by atoms with Crippen molar-refractivity contribution in [3.05, 3.63) is 18.3 Å². The molecular weight excluding hydrogens is 278 g/mol. The molecule has 6 nitrogen and oxygen atoms in total. The van der Waals surface area contributed by atoms with Crippen LogP contribution in [0, 0.1) is 0 Å². The first-order valence-electron chi connectivity index (χ1n) is 6.85. The molecule has 0 spiro atoms. The van der Waals surface area contributed by atoms with E-state index in [4.69, 9.17) is 4.74 Å². The number of aromatic nitrogens is 1. The van der Waals surface area contributed by atoms with Gasteiger partial charge in [0.15, 0.2) is 0 Å². The molecule has 112 valence electrons. The zero-order valence-corrected chi connectivity index (χ0v) is 12.7. The minimum absolute atomic E-state index is 0.0812. The molecule has 1 aromatic rings. The van der Waals surface area contributed by atoms with Gasteiger partial charge in [0, 0.05) is 38.5 Å². The zero-order chi connectivity index (χ0) is 14.6. The lowest BCUT2D eigenvalue weighted by atomic mass is 10.4. The quantitative estimate of drug-likeness (QED) is 0.907. The lowest BCUT2D eigenvalue weighted by Gasteiger charge is -2.21. The van der Waals surface area contributed by atoms with Crippen LogP contribution in [0.25, 0.3) is 0 Å². The van der Waals surface area contributed by atoms with Crippen LogP contribution in [0.1, 0.15) is 20.3 Å². The summed E-state index contributed by atoms with van der Waals surface area (Å²) >= 11 is 0. The van der Waals surface area contributed by atoms with Crippen LogP contribution in [0.4, 0.5) is 5.82 Å². The second kappa shape index (κ2) is 6.51. The summed E-state index contributed by atoms with van der Waals surface area (Å²) in [5, 5.41) is 3.03. The Morgan fingerprint density at radius 3 is 3.10 bits per heavy atom. The third-order valence-corrected chi connectivity index (χ3v) is 5.00. The summed E-state index contributed by atoms with van der Waals surface area (Å²) in [5.41, 5.74) is 0. The number of anilines is 1. The number of ether oxygens (including phenoxy) is 1. The summed E-state index contributed by atoms with van der Waals surface area (Å²) in [5.74, 6) is 0.577. The molecule has 2 rings (SSSR count). The number of sulfonamides is 1. The van der Waals surface area contributed by atoms with Crippen molar-refractivity contribution in [1.29, 1.82) is 0 Å². The number of nitrogens with zero attached hydrogens (tertiary/aromatic N) is 2. The van der Waals surface area contributed by atoms with Crippen molar-refractivity contribution in [2.75, 3.05) is 31.6 Å². The molecule has 0 bridgehead atoms. The highest BCUT2D eigenvalue weighted by Crippen LogP contribution is 2.20. The fourth-order valence-electron chi connectivity index (χ4n) is 2.17. The molecule has 1 saturated heterocycles. The summed E-state index contributed by atoms with van der Waals surface area (Å²) in [6, 6.07) is 3.11. The lowest BCUT2D eigenvalue weighted by Crippen LogP contribution is -2.36. The van der Waals surface area contributed by atoms with E-state index in [1.54, 1.807) is 6.07 Å². The largest absolute Gasteiger partial charge is 0.377 e. The topological polar surface area (TPSA) is 71.5 Å². The fourth-order valence-corrected chi connectivity index (χ4v) is 3.74. The van der Waals surface area contributed by atoms with E-state index in [1.165, 1.54) is 16.6 Å². The normalized spacial score (nSPS) is 21.4. The average Bonchev–Trinajstić information content (AvgIpc) is 2.64. The second-order valence-electron chi connectivity index (χ2n) is 4.81. The molecule has 1 aliphatic rings. The van der Waals surface area contributed by atoms with Crippen LogP contribution in [-0.2, 0) is 14.8 Å². The van der Waals surface area contributed by atoms with E-state index in [-0.39, 0.29) is 11.0 Å². The Balaban J connectivity index is 2.26. The lowest BCUT2D eigenvalue weighted by molar-refractivity contribution is 0.0752. The van der Waals surface area contributed by atoms with Crippen molar-refractivity contribution in [2.24, 2.45) is 0 Å². The third kappa shape index (κ3) is 3.47. The maximum absolute atomic E-state index is 12.7. The van der Waals surface area contributed by atoms with Crippen molar-refractivity contribution in [1.82, 2.24) is 9.29 Å². The van der Waals surface area contributed by atoms with Gasteiger partial charge in [-0.3, -0.25) is 0 Å². The third-order valence-electron chi connectivity index (χ3n) is 3.14. The standard InChI is InChI=1S/C13H21N3O3S/c1-3-14-13-9-12(5-6-15-13)20(17,18)16-7-4-8-19-11(2)10-16/h5-6,9,11H,3-4,7-8,10H2,1-2H3,(H,14,15). The summed E-state index contributed by atoms with van der Waals surface area (Å²) in [6.07, 6.45) is 2.15. The average molecular weight is 299 g/mol. The minimum Gasteiger partial charge on any atom is -0.377 e. The molecule has 7 heteroatoms. The molecular formula is C13H21N3O3S. The predicted octanol–water partition coefficient (Wildman–Crippen LogP) is 1.31. The summed E-state index contributed by atoms with van der Waals surface area (Å²) in [6.45, 7) is 6.02. The number of hydrogen-bond donors (Lipinski definition) is 1. The van der Waals surface area contributed by atoms with Gasteiger partial charge in [-0.25, -0.2) is 13.4 Å². The van der Waals surface area contributed by atoms with Gasteiger partial charge in [-0.05, 0) is 26.3 Å². The van der Waals surface area contributed by atoms with Crippen LogP contribution in [-0.4, -0.2) is 50.1 Å². The van der Waals surface area contributed by atoms with E-state index >= 15 is 0 Å². The molecule has 1 unspecified atom stereocenters. The number of pyridine rings is 1. The van der Waals surface area contributed by atoms with E-state index in [9.17, 15) is 8.42 Å². The molecule has 0 saturated carbocycles. The molecule has 2 heterocycles. The van der Waals surface area contributed by atoms with Crippen LogP contribution in [0.2, 0.25) is 0 Å². The van der Waals surface area contributed by atoms with Crippen molar-refractivity contribution in [2.45, 2.75) is 31.3 Å². The molecule has 1 fully saturated rings. The molecule has 1 aromatic heterocycles. The first kappa shape index (κ1) is 15.2. The monoisotopic (exact) mass is 299 g/mol. The molecule has 0 amide bonds. The number of rotatable bonds is 4. The molecule has 20 heavy (non-hydrogen) atoms. The Kier molecular flexibility index (Phi) is 4.95. The molecule has 1 atom stereocenters. The number of nitrogens with one attached hydrogen (secondary N) is 1. The molecule has 1 N–H and O–H groups in total. The van der Waals surface area contributed by atoms with E-state index < -0.39 is 10.0 Å². The smallest absolute Gasteiger partial charge is 0.243 e. The number of hydrogen-bond acceptors (Lipinski definition) is 5. The van der Waals surface area contributed by atoms with Crippen molar-refractivity contribution in [3.8, 4) is 0 Å². The molecule has 0 aliphatic carbocycles. The fraction of sp³-hybridized carbons (Fsp3) is 0.615. The van der Waals surface area contributed by atoms with Gasteiger partial charge in [0.2, 0.25) is 10.0 Å². The first-order chi connectivity index (χ1) is 9.54. The van der Waals surface area contributed by atoms with Crippen LogP contribution >= 0.6 is 0 Å². The van der Waals surface area contributed by atoms with Crippen LogP contribution in [0.3, 0.4) is 0 Å². The van der Waals surface area contributed by atoms with Gasteiger partial charge in [0.1, 0.15) is 5.82 Å². The molecule has 0 radical (unpaired) electrons. The highest BCUT2D eigenvalue weighted by Gasteiger charge is 2.28. The van der Waals surface area contributed by atoms with Crippen LogP contribution in [0.15, 0.2) is 23.2 Å². The molecule has 0 aromatic carbocycles. The van der Waals surface area contributed by atoms with Gasteiger partial charge in [-0.15, -0.1) is 0 Å². The van der Waals surface area contributed by atoms with Crippen molar-refractivity contribution >= 4 is 15.8 Å². The SMILES string of the molecule is CCNc1cc(S(=O)(=O)N2CCCOC(C)C2)ccn1. The summed E-state index contributed by atoms with van der Waals surface area (Å²) < 4.78 is 32.3. The van der Waals surface area contributed by atoms with Gasteiger partial charge in [-0.2, -0.15) is 4.31 Å². The highest BCUT2D eigenvalue weighted by molar-refractivity contribution is 7.89. The van der Waals surface area contributed by atoms with E-state index in [2.05, 4.69) is 10.3 Å². The van der Waals surface area contributed by atoms with Gasteiger partial charge < -0.3 is 10.1 Å². The first-order valence-corrected chi connectivity index (χ1v) is 8.29. The Morgan fingerprint density at radius 1 is 1.55 bits per heavy atom. The Hall–Kier alpha value is -1.18. The maximum atomic E-state index is 12.7. The maximum Gasteiger partial charge on any atom is 0.243 e. The van der Waals surface area contributed by atoms with Crippen molar-refractivity contribution < 1.29 is 13.2 Å². The predicted molar refractivity (Wildman–Crippen MR) is 77.2 cm³/mol. The zero-order valence-electron chi connectivity index (χ0n) is 11.9. The van der Waals surface area contributed by atoms with Crippen LogP contribution in [0.5, 0.6) is 0 Å². The van der Waals surface area contributed by atoms with E-state index in [1.807, 2.05) is 13.8 Å². The Bertz CT molecular complexity index is 548. The minimum atomic E-state index is -3.49. The van der Waals surface area contributed by atoms with Crippen molar-refractivity contribution in [3.63, 3.8) is 0 Å². The second-order valence-corrected chi connectivity index (χ2v) is 6.74. The van der Waals surface area contributed by atoms with Gasteiger partial charge in [-0.1, -0.05) is 0 Å². The van der Waals surface area contributed by atoms with E-state index in [0.717, 1.165) is 0 Å². The van der Waals surface area contributed by atoms with Gasteiger partial charge in [0.25, 0.3) is 0 Å². The highest BCUT2D eigenvalue weighted by atomic mass is 32.2. The van der Waals surface area contributed by atoms with E-state index in [0.29, 0.717) is 38.5 Å². The van der Waals surface area contributed by atoms with Gasteiger partial charge in [0.05, 0.1) is 11.0 Å². The Labute approximate surface area is 120 Å². The molecule has 1 aliphatic heterocycles.